The number of ether oxygens (including phenoxy) is 2. The summed E-state index contributed by atoms with van der Waals surface area (Å²) in [4.78, 5) is 24.7. The Morgan fingerprint density at radius 2 is 1.78 bits per heavy atom. The van der Waals surface area contributed by atoms with Gasteiger partial charge < -0.3 is 14.8 Å². The third-order valence-electron chi connectivity index (χ3n) is 3.04. The van der Waals surface area contributed by atoms with Gasteiger partial charge in [-0.1, -0.05) is 12.1 Å². The van der Waals surface area contributed by atoms with Crippen LogP contribution in [0.15, 0.2) is 53.4 Å². The molecule has 0 heterocycles. The summed E-state index contributed by atoms with van der Waals surface area (Å²) < 4.78 is 10.1. The van der Waals surface area contributed by atoms with Crippen LogP contribution in [0.3, 0.4) is 0 Å². The van der Waals surface area contributed by atoms with Crippen molar-refractivity contribution in [3.05, 3.63) is 54.1 Å². The molecule has 0 saturated heterocycles. The number of hydrogen-bond acceptors (Lipinski definition) is 5. The van der Waals surface area contributed by atoms with E-state index >= 15 is 0 Å². The maximum absolute atomic E-state index is 12.0. The monoisotopic (exact) mass is 331 g/mol. The van der Waals surface area contributed by atoms with Crippen molar-refractivity contribution in [1.82, 2.24) is 0 Å². The Hall–Kier alpha value is -2.47. The maximum atomic E-state index is 12.0. The van der Waals surface area contributed by atoms with Crippen molar-refractivity contribution in [3.8, 4) is 5.75 Å². The number of amides is 1. The minimum Gasteiger partial charge on any atom is -0.497 e. The van der Waals surface area contributed by atoms with Gasteiger partial charge in [0.2, 0.25) is 0 Å². The molecule has 2 aromatic carbocycles. The lowest BCUT2D eigenvalue weighted by Crippen LogP contribution is -2.21. The first-order valence-corrected chi connectivity index (χ1v) is 8.10. The highest BCUT2D eigenvalue weighted by Crippen LogP contribution is 2.20. The minimum absolute atomic E-state index is 0.340. The molecule has 2 aromatic rings. The van der Waals surface area contributed by atoms with E-state index in [0.717, 1.165) is 4.90 Å². The summed E-state index contributed by atoms with van der Waals surface area (Å²) in [7, 11) is 1.57. The molecule has 0 atom stereocenters. The maximum Gasteiger partial charge on any atom is 0.339 e. The van der Waals surface area contributed by atoms with Crippen LogP contribution in [0.4, 0.5) is 5.69 Å². The second-order valence-electron chi connectivity index (χ2n) is 4.55. The fourth-order valence-electron chi connectivity index (χ4n) is 1.89. The second-order valence-corrected chi connectivity index (χ2v) is 5.40. The zero-order chi connectivity index (χ0) is 16.7. The zero-order valence-electron chi connectivity index (χ0n) is 12.9. The van der Waals surface area contributed by atoms with Crippen LogP contribution >= 0.6 is 11.8 Å². The van der Waals surface area contributed by atoms with Crippen molar-refractivity contribution in [2.24, 2.45) is 0 Å². The van der Waals surface area contributed by atoms with Crippen LogP contribution in [0, 0.1) is 0 Å². The van der Waals surface area contributed by atoms with E-state index in [1.54, 1.807) is 43.5 Å². The highest BCUT2D eigenvalue weighted by molar-refractivity contribution is 7.98. The summed E-state index contributed by atoms with van der Waals surface area (Å²) in [6.07, 6.45) is 1.88. The Morgan fingerprint density at radius 1 is 1.09 bits per heavy atom. The van der Waals surface area contributed by atoms with Crippen molar-refractivity contribution in [1.29, 1.82) is 0 Å². The lowest BCUT2D eigenvalue weighted by Gasteiger charge is -2.09. The molecule has 0 radical (unpaired) electrons. The first kappa shape index (κ1) is 16.9. The van der Waals surface area contributed by atoms with E-state index in [2.05, 4.69) is 5.32 Å². The number of thioether (sulfide) groups is 1. The van der Waals surface area contributed by atoms with E-state index in [4.69, 9.17) is 9.47 Å². The zero-order valence-corrected chi connectivity index (χ0v) is 13.7. The molecule has 0 aliphatic rings. The van der Waals surface area contributed by atoms with Crippen molar-refractivity contribution in [2.45, 2.75) is 4.90 Å². The minimum atomic E-state index is -0.514. The third-order valence-corrected chi connectivity index (χ3v) is 3.83. The quantitative estimate of drug-likeness (QED) is 0.650. The fourth-order valence-corrected chi connectivity index (χ4v) is 2.48. The van der Waals surface area contributed by atoms with Gasteiger partial charge in [0.15, 0.2) is 6.61 Å². The van der Waals surface area contributed by atoms with Crippen LogP contribution in [0.25, 0.3) is 0 Å². The van der Waals surface area contributed by atoms with Crippen molar-refractivity contribution >= 4 is 29.3 Å². The SMILES string of the molecule is COc1ccc(NC(=O)COC(=O)c2ccccc2SC)cc1. The van der Waals surface area contributed by atoms with Gasteiger partial charge in [0.1, 0.15) is 5.75 Å². The number of methoxy groups -OCH3 is 1. The summed E-state index contributed by atoms with van der Waals surface area (Å²) in [5.41, 5.74) is 1.06. The molecule has 6 heteroatoms. The molecule has 2 rings (SSSR count). The molecule has 120 valence electrons. The largest absolute Gasteiger partial charge is 0.497 e. The molecular formula is C17H17NO4S. The van der Waals surface area contributed by atoms with Crippen molar-refractivity contribution in [3.63, 3.8) is 0 Å². The average molecular weight is 331 g/mol. The molecule has 0 bridgehead atoms. The van der Waals surface area contributed by atoms with E-state index in [1.165, 1.54) is 11.8 Å². The first-order valence-electron chi connectivity index (χ1n) is 6.88. The Bertz CT molecular complexity index is 685. The highest BCUT2D eigenvalue weighted by atomic mass is 32.2. The second kappa shape index (κ2) is 8.24. The number of esters is 1. The van der Waals surface area contributed by atoms with Gasteiger partial charge in [-0.2, -0.15) is 0 Å². The normalized spacial score (nSPS) is 10.0. The Labute approximate surface area is 139 Å². The molecule has 0 unspecified atom stereocenters. The molecule has 1 N–H and O–H groups in total. The Kier molecular flexibility index (Phi) is 6.05. The number of benzene rings is 2. The van der Waals surface area contributed by atoms with Crippen LogP contribution in [0.2, 0.25) is 0 Å². The molecule has 1 amide bonds. The molecule has 0 fully saturated rings. The number of rotatable bonds is 6. The first-order chi connectivity index (χ1) is 11.1. The molecule has 23 heavy (non-hydrogen) atoms. The number of carbonyl (C=O) groups is 2. The molecule has 0 aliphatic heterocycles. The molecule has 0 saturated carbocycles. The van der Waals surface area contributed by atoms with Crippen molar-refractivity contribution < 1.29 is 19.1 Å². The van der Waals surface area contributed by atoms with E-state index in [0.29, 0.717) is 17.0 Å². The molecule has 0 aromatic heterocycles. The van der Waals surface area contributed by atoms with Gasteiger partial charge in [-0.25, -0.2) is 4.79 Å². The predicted octanol–water partition coefficient (Wildman–Crippen LogP) is 3.21. The van der Waals surface area contributed by atoms with E-state index in [-0.39, 0.29) is 6.61 Å². The van der Waals surface area contributed by atoms with Gasteiger partial charge in [-0.05, 0) is 42.7 Å². The lowest BCUT2D eigenvalue weighted by atomic mass is 10.2. The Balaban J connectivity index is 1.89. The number of carbonyl (C=O) groups excluding carboxylic acids is 2. The van der Waals surface area contributed by atoms with Crippen LogP contribution in [-0.4, -0.2) is 31.8 Å². The van der Waals surface area contributed by atoms with Crippen LogP contribution < -0.4 is 10.1 Å². The van der Waals surface area contributed by atoms with E-state index in [9.17, 15) is 9.59 Å². The molecular weight excluding hydrogens is 314 g/mol. The predicted molar refractivity (Wildman–Crippen MR) is 90.1 cm³/mol. The summed E-state index contributed by atoms with van der Waals surface area (Å²) >= 11 is 1.45. The number of nitrogens with one attached hydrogen (secondary N) is 1. The smallest absolute Gasteiger partial charge is 0.339 e. The fraction of sp³-hybridized carbons (Fsp3) is 0.176. The molecule has 5 nitrogen and oxygen atoms in total. The Morgan fingerprint density at radius 3 is 2.43 bits per heavy atom. The van der Waals surface area contributed by atoms with Gasteiger partial charge in [0, 0.05) is 10.6 Å². The third kappa shape index (κ3) is 4.75. The summed E-state index contributed by atoms with van der Waals surface area (Å²) in [5.74, 6) is -0.215. The number of hydrogen-bond donors (Lipinski definition) is 1. The molecule has 0 aliphatic carbocycles. The van der Waals surface area contributed by atoms with E-state index < -0.39 is 11.9 Å². The number of anilines is 1. The highest BCUT2D eigenvalue weighted by Gasteiger charge is 2.13. The summed E-state index contributed by atoms with van der Waals surface area (Å²) in [5, 5.41) is 2.65. The van der Waals surface area contributed by atoms with Gasteiger partial charge in [0.05, 0.1) is 12.7 Å². The van der Waals surface area contributed by atoms with Crippen LogP contribution in [0.1, 0.15) is 10.4 Å². The summed E-state index contributed by atoms with van der Waals surface area (Å²) in [6.45, 7) is -0.340. The van der Waals surface area contributed by atoms with Gasteiger partial charge in [-0.3, -0.25) is 4.79 Å². The lowest BCUT2D eigenvalue weighted by molar-refractivity contribution is -0.119. The van der Waals surface area contributed by atoms with Crippen LogP contribution in [-0.2, 0) is 9.53 Å². The van der Waals surface area contributed by atoms with Crippen molar-refractivity contribution in [2.75, 3.05) is 25.3 Å². The van der Waals surface area contributed by atoms with Crippen LogP contribution in [0.5, 0.6) is 5.75 Å². The van der Waals surface area contributed by atoms with E-state index in [1.807, 2.05) is 18.4 Å². The van der Waals surface area contributed by atoms with Gasteiger partial charge >= 0.3 is 5.97 Å². The summed E-state index contributed by atoms with van der Waals surface area (Å²) in [6, 6.07) is 14.0. The average Bonchev–Trinajstić information content (AvgIpc) is 2.60. The van der Waals surface area contributed by atoms with Gasteiger partial charge in [0.25, 0.3) is 5.91 Å². The topological polar surface area (TPSA) is 64.6 Å². The molecule has 0 spiro atoms. The standard InChI is InChI=1S/C17H17NO4S/c1-21-13-9-7-12(8-10-13)18-16(19)11-22-17(20)14-5-3-4-6-15(14)23-2/h3-10H,11H2,1-2H3,(H,18,19). The van der Waals surface area contributed by atoms with Gasteiger partial charge in [-0.15, -0.1) is 11.8 Å².